The van der Waals surface area contributed by atoms with Gasteiger partial charge < -0.3 is 0 Å². The first-order valence-corrected chi connectivity index (χ1v) is 12.5. The Balaban J connectivity index is 1.95. The fourth-order valence-corrected chi connectivity index (χ4v) is 5.87. The molecule has 8 heteroatoms. The molecule has 1 N–H and O–H groups in total. The molecule has 0 amide bonds. The third-order valence-corrected chi connectivity index (χ3v) is 8.37. The van der Waals surface area contributed by atoms with Crippen molar-refractivity contribution in [3.63, 3.8) is 0 Å². The fourth-order valence-electron chi connectivity index (χ4n) is 3.05. The second-order valence-electron chi connectivity index (χ2n) is 7.21. The van der Waals surface area contributed by atoms with Crippen molar-refractivity contribution in [1.29, 1.82) is 0 Å². The van der Waals surface area contributed by atoms with E-state index in [1.165, 1.54) is 18.3 Å². The quantitative estimate of drug-likeness (QED) is 0.572. The summed E-state index contributed by atoms with van der Waals surface area (Å²) in [7, 11) is -7.73. The molecule has 30 heavy (non-hydrogen) atoms. The van der Waals surface area contributed by atoms with Crippen LogP contribution in [-0.4, -0.2) is 28.4 Å². The monoisotopic (exact) mass is 444 g/mol. The molecule has 0 radical (unpaired) electrons. The molecular formula is C22H24N2O4S2. The second kappa shape index (κ2) is 9.07. The lowest BCUT2D eigenvalue weighted by atomic mass is 10.0. The molecule has 1 aromatic heterocycles. The van der Waals surface area contributed by atoms with Gasteiger partial charge in [0.25, 0.3) is 0 Å². The molecule has 0 bridgehead atoms. The van der Waals surface area contributed by atoms with E-state index in [1.807, 2.05) is 13.8 Å². The van der Waals surface area contributed by atoms with Crippen molar-refractivity contribution in [2.45, 2.75) is 34.8 Å². The van der Waals surface area contributed by atoms with Crippen LogP contribution in [0, 0.1) is 0 Å². The molecule has 0 aliphatic rings. The highest BCUT2D eigenvalue weighted by atomic mass is 32.2. The Hall–Kier alpha value is -2.55. The van der Waals surface area contributed by atoms with Gasteiger partial charge >= 0.3 is 0 Å². The maximum absolute atomic E-state index is 13.4. The zero-order valence-corrected chi connectivity index (χ0v) is 18.4. The van der Waals surface area contributed by atoms with Gasteiger partial charge in [-0.2, -0.15) is 0 Å². The van der Waals surface area contributed by atoms with Gasteiger partial charge in [-0.15, -0.1) is 0 Å². The van der Waals surface area contributed by atoms with E-state index >= 15 is 0 Å². The number of sulfonamides is 1. The van der Waals surface area contributed by atoms with E-state index in [-0.39, 0.29) is 22.3 Å². The van der Waals surface area contributed by atoms with Crippen molar-refractivity contribution in [1.82, 2.24) is 9.71 Å². The Kier molecular flexibility index (Phi) is 6.70. The van der Waals surface area contributed by atoms with E-state index in [0.717, 1.165) is 5.56 Å². The fraction of sp³-hybridized carbons (Fsp3) is 0.227. The minimum atomic E-state index is -3.87. The van der Waals surface area contributed by atoms with Gasteiger partial charge in [0.15, 0.2) is 9.84 Å². The zero-order valence-electron chi connectivity index (χ0n) is 16.8. The van der Waals surface area contributed by atoms with E-state index in [1.54, 1.807) is 60.8 Å². The molecule has 0 saturated carbocycles. The van der Waals surface area contributed by atoms with Crippen LogP contribution >= 0.6 is 0 Å². The first kappa shape index (κ1) is 22.1. The molecule has 0 saturated heterocycles. The smallest absolute Gasteiger partial charge is 0.240 e. The van der Waals surface area contributed by atoms with Crippen molar-refractivity contribution in [2.24, 2.45) is 0 Å². The van der Waals surface area contributed by atoms with Crippen LogP contribution in [0.1, 0.15) is 36.1 Å². The number of aromatic nitrogens is 1. The lowest BCUT2D eigenvalue weighted by molar-refractivity contribution is 0.568. The summed E-state index contributed by atoms with van der Waals surface area (Å²) in [5, 5.41) is -1.12. The number of benzene rings is 2. The first-order chi connectivity index (χ1) is 14.2. The topological polar surface area (TPSA) is 93.2 Å². The molecule has 0 aliphatic carbocycles. The Morgan fingerprint density at radius 1 is 0.800 bits per heavy atom. The standard InChI is InChI=1S/C22H24N2O4S2/c1-17(2)18-10-12-20(13-11-18)29(25,26)22(19-7-6-14-23-15-19)16-24-30(27,28)21-8-4-3-5-9-21/h3-15,17,22,24H,16H2,1-2H3. The van der Waals surface area contributed by atoms with Crippen molar-refractivity contribution in [3.8, 4) is 0 Å². The van der Waals surface area contributed by atoms with E-state index in [2.05, 4.69) is 9.71 Å². The van der Waals surface area contributed by atoms with Crippen LogP contribution in [0.3, 0.4) is 0 Å². The van der Waals surface area contributed by atoms with Crippen LogP contribution < -0.4 is 4.72 Å². The number of rotatable bonds is 8. The van der Waals surface area contributed by atoms with E-state index in [0.29, 0.717) is 5.56 Å². The van der Waals surface area contributed by atoms with Gasteiger partial charge in [-0.3, -0.25) is 4.98 Å². The molecular weight excluding hydrogens is 420 g/mol. The van der Waals surface area contributed by atoms with Crippen molar-refractivity contribution in [2.75, 3.05) is 6.54 Å². The number of hydrogen-bond acceptors (Lipinski definition) is 5. The maximum atomic E-state index is 13.4. The highest BCUT2D eigenvalue weighted by Gasteiger charge is 2.31. The molecule has 1 atom stereocenters. The second-order valence-corrected chi connectivity index (χ2v) is 11.1. The van der Waals surface area contributed by atoms with Crippen LogP contribution in [-0.2, 0) is 19.9 Å². The molecule has 2 aromatic carbocycles. The third kappa shape index (κ3) is 4.95. The van der Waals surface area contributed by atoms with Crippen LogP contribution in [0.2, 0.25) is 0 Å². The molecule has 1 unspecified atom stereocenters. The van der Waals surface area contributed by atoms with Crippen LogP contribution in [0.15, 0.2) is 88.9 Å². The van der Waals surface area contributed by atoms with Crippen molar-refractivity contribution in [3.05, 3.63) is 90.3 Å². The van der Waals surface area contributed by atoms with E-state index in [9.17, 15) is 16.8 Å². The van der Waals surface area contributed by atoms with Gasteiger partial charge in [0, 0.05) is 18.9 Å². The minimum absolute atomic E-state index is 0.0774. The molecule has 0 spiro atoms. The number of hydrogen-bond donors (Lipinski definition) is 1. The van der Waals surface area contributed by atoms with E-state index in [4.69, 9.17) is 0 Å². The Morgan fingerprint density at radius 3 is 2.03 bits per heavy atom. The first-order valence-electron chi connectivity index (χ1n) is 9.50. The molecule has 0 aliphatic heterocycles. The summed E-state index contributed by atoms with van der Waals surface area (Å²) in [5.74, 6) is 0.272. The average Bonchev–Trinajstić information content (AvgIpc) is 2.75. The summed E-state index contributed by atoms with van der Waals surface area (Å²) in [4.78, 5) is 4.23. The van der Waals surface area contributed by atoms with Gasteiger partial charge in [-0.25, -0.2) is 21.6 Å². The Labute approximate surface area is 178 Å². The van der Waals surface area contributed by atoms with Gasteiger partial charge in [-0.1, -0.05) is 50.2 Å². The van der Waals surface area contributed by atoms with Gasteiger partial charge in [0.2, 0.25) is 10.0 Å². The average molecular weight is 445 g/mol. The molecule has 158 valence electrons. The lowest BCUT2D eigenvalue weighted by Crippen LogP contribution is -2.32. The summed E-state index contributed by atoms with van der Waals surface area (Å²) in [6.45, 7) is 3.75. The summed E-state index contributed by atoms with van der Waals surface area (Å²) in [6.07, 6.45) is 2.99. The maximum Gasteiger partial charge on any atom is 0.240 e. The summed E-state index contributed by atoms with van der Waals surface area (Å²) >= 11 is 0. The molecule has 6 nitrogen and oxygen atoms in total. The normalized spacial score (nSPS) is 13.3. The Morgan fingerprint density at radius 2 is 1.47 bits per heavy atom. The highest BCUT2D eigenvalue weighted by Crippen LogP contribution is 2.29. The third-order valence-electron chi connectivity index (χ3n) is 4.82. The van der Waals surface area contributed by atoms with Crippen molar-refractivity contribution >= 4 is 19.9 Å². The largest absolute Gasteiger partial charge is 0.264 e. The summed E-state index contributed by atoms with van der Waals surface area (Å²) in [5.41, 5.74) is 1.44. The van der Waals surface area contributed by atoms with E-state index < -0.39 is 25.1 Å². The van der Waals surface area contributed by atoms with Crippen molar-refractivity contribution < 1.29 is 16.8 Å². The summed E-state index contributed by atoms with van der Waals surface area (Å²) in [6, 6.07) is 17.8. The van der Waals surface area contributed by atoms with Crippen LogP contribution in [0.5, 0.6) is 0 Å². The predicted molar refractivity (Wildman–Crippen MR) is 116 cm³/mol. The summed E-state index contributed by atoms with van der Waals surface area (Å²) < 4.78 is 54.5. The van der Waals surface area contributed by atoms with Gasteiger partial charge in [-0.05, 0) is 47.4 Å². The van der Waals surface area contributed by atoms with Gasteiger partial charge in [0.05, 0.1) is 9.79 Å². The lowest BCUT2D eigenvalue weighted by Gasteiger charge is -2.19. The SMILES string of the molecule is CC(C)c1ccc(S(=O)(=O)C(CNS(=O)(=O)c2ccccc2)c2cccnc2)cc1. The number of pyridine rings is 1. The molecule has 1 heterocycles. The number of sulfone groups is 1. The Bertz CT molecular complexity index is 1180. The molecule has 0 fully saturated rings. The zero-order chi connectivity index (χ0) is 21.8. The molecule has 3 rings (SSSR count). The molecule has 3 aromatic rings. The predicted octanol–water partition coefficient (Wildman–Crippen LogP) is 3.70. The number of nitrogens with zero attached hydrogens (tertiary/aromatic N) is 1. The highest BCUT2D eigenvalue weighted by molar-refractivity contribution is 7.92. The number of nitrogens with one attached hydrogen (secondary N) is 1. The van der Waals surface area contributed by atoms with Crippen LogP contribution in [0.4, 0.5) is 0 Å². The van der Waals surface area contributed by atoms with Crippen LogP contribution in [0.25, 0.3) is 0 Å². The van der Waals surface area contributed by atoms with Gasteiger partial charge in [0.1, 0.15) is 5.25 Å². The minimum Gasteiger partial charge on any atom is -0.264 e.